The molecule has 0 nitrogen and oxygen atoms in total. The number of halogens is 2. The smallest absolute Gasteiger partial charge is 1.00 e. The van der Waals surface area contributed by atoms with Crippen molar-refractivity contribution >= 4 is 16.1 Å². The fraction of sp³-hybridized carbons (Fsp3) is 0.667. The van der Waals surface area contributed by atoms with E-state index in [0.717, 1.165) is 0 Å². The van der Waals surface area contributed by atoms with E-state index in [1.807, 2.05) is 17.1 Å². The van der Waals surface area contributed by atoms with Gasteiger partial charge in [0.15, 0.2) is 0 Å². The van der Waals surface area contributed by atoms with Gasteiger partial charge in [0.1, 0.15) is 0 Å². The molecular weight excluding hydrogens is 594 g/mol. The first-order valence-corrected chi connectivity index (χ1v) is 20.5. The summed E-state index contributed by atoms with van der Waals surface area (Å²) in [5.74, 6) is 0. The molecule has 0 aromatic carbocycles. The van der Waals surface area contributed by atoms with Gasteiger partial charge in [0, 0.05) is 0 Å². The van der Waals surface area contributed by atoms with Gasteiger partial charge >= 0.3 is 182 Å². The van der Waals surface area contributed by atoms with Gasteiger partial charge in [-0.15, -0.1) is 0 Å². The van der Waals surface area contributed by atoms with Crippen molar-refractivity contribution < 1.29 is 47.7 Å². The molecule has 0 unspecified atom stereocenters. The first kappa shape index (κ1) is 26.1. The molecule has 0 aromatic heterocycles. The number of rotatable bonds is 8. The van der Waals surface area contributed by atoms with Crippen molar-refractivity contribution in [1.29, 1.82) is 0 Å². The summed E-state index contributed by atoms with van der Waals surface area (Å²) < 4.78 is 4.05. The van der Waals surface area contributed by atoms with Crippen LogP contribution in [0.2, 0.25) is 36.3 Å². The molecule has 0 bridgehead atoms. The monoisotopic (exact) mass is 632 g/mol. The summed E-state index contributed by atoms with van der Waals surface area (Å²) >= 11 is -0.908. The van der Waals surface area contributed by atoms with E-state index in [2.05, 4.69) is 39.8 Å². The third-order valence-corrected chi connectivity index (χ3v) is 28.0. The Kier molecular flexibility index (Phi) is 9.58. The fourth-order valence-corrected chi connectivity index (χ4v) is 27.4. The zero-order chi connectivity index (χ0) is 19.1. The first-order chi connectivity index (χ1) is 13.1. The van der Waals surface area contributed by atoms with Gasteiger partial charge in [-0.1, -0.05) is 0 Å². The van der Waals surface area contributed by atoms with Crippen LogP contribution in [0.4, 0.5) is 0 Å². The fourth-order valence-electron chi connectivity index (χ4n) is 6.29. The predicted octanol–water partition coefficient (Wildman–Crippen LogP) is 1.89. The van der Waals surface area contributed by atoms with Gasteiger partial charge in [-0.3, -0.25) is 0 Å². The van der Waals surface area contributed by atoms with Crippen molar-refractivity contribution in [2.24, 2.45) is 0 Å². The Morgan fingerprint density at radius 3 is 1.38 bits per heavy atom. The minimum atomic E-state index is -1.06. The first-order valence-electron chi connectivity index (χ1n) is 11.6. The summed E-state index contributed by atoms with van der Waals surface area (Å²) in [4.78, 5) is 0. The van der Waals surface area contributed by atoms with E-state index in [9.17, 15) is 0 Å². The van der Waals surface area contributed by atoms with E-state index < -0.39 is 39.1 Å². The van der Waals surface area contributed by atoms with Gasteiger partial charge in [0.2, 0.25) is 0 Å². The van der Waals surface area contributed by atoms with Gasteiger partial charge < -0.3 is 24.8 Å². The second-order valence-electron chi connectivity index (χ2n) is 9.85. The van der Waals surface area contributed by atoms with Crippen LogP contribution in [0.25, 0.3) is 0 Å². The maximum atomic E-state index is 2.75. The molecule has 2 saturated heterocycles. The van der Waals surface area contributed by atoms with Crippen molar-refractivity contribution in [3.05, 3.63) is 40.4 Å². The average Bonchev–Trinajstić information content (AvgIpc) is 3.12. The Labute approximate surface area is 205 Å². The number of hydrogen-bond acceptors (Lipinski definition) is 0. The van der Waals surface area contributed by atoms with E-state index in [-0.39, 0.29) is 24.8 Å². The molecule has 2 heterocycles. The van der Waals surface area contributed by atoms with Crippen molar-refractivity contribution in [3.8, 4) is 0 Å². The van der Waals surface area contributed by atoms with Crippen LogP contribution in [-0.2, 0) is 22.9 Å². The van der Waals surface area contributed by atoms with Gasteiger partial charge in [0.25, 0.3) is 0 Å². The second kappa shape index (κ2) is 10.6. The largest absolute Gasteiger partial charge is 1.00 e. The Hall–Kier alpha value is 0.844. The quantitative estimate of drug-likeness (QED) is 0.359. The molecule has 29 heavy (non-hydrogen) atoms. The number of hydrogen-bond donors (Lipinski definition) is 0. The van der Waals surface area contributed by atoms with E-state index in [1.54, 1.807) is 47.4 Å². The zero-order valence-corrected chi connectivity index (χ0v) is 26.0. The van der Waals surface area contributed by atoms with E-state index in [4.69, 9.17) is 0 Å². The van der Waals surface area contributed by atoms with Gasteiger partial charge in [0.05, 0.1) is 0 Å². The molecule has 0 aromatic rings. The Balaban J connectivity index is 0.00000150. The topological polar surface area (TPSA) is 0 Å². The standard InChI is InChI=1S/2C12H19Si.2ClH.Hf/c2*1-3-7-13(8-4-9-13)12-6-5-11(2)10-12;;;/h2*6H,3-5,7-9H2,1-2H3;2*1H;/q;;;;+2/p-2. The number of allylic oxidation sites excluding steroid dienone is 8. The molecule has 0 N–H and O–H groups in total. The molecule has 0 atom stereocenters. The van der Waals surface area contributed by atoms with Crippen molar-refractivity contribution in [1.82, 2.24) is 0 Å². The Bertz CT molecular complexity index is 678. The van der Waals surface area contributed by atoms with Gasteiger partial charge in [-0.25, -0.2) is 0 Å². The molecule has 2 aliphatic heterocycles. The molecule has 0 amide bonds. The maximum absolute atomic E-state index is 2.75. The van der Waals surface area contributed by atoms with Crippen LogP contribution in [0.1, 0.15) is 66.2 Å². The summed E-state index contributed by atoms with van der Waals surface area (Å²) in [5, 5.41) is 4.03. The van der Waals surface area contributed by atoms with Crippen LogP contribution in [0, 0.1) is 0 Å². The van der Waals surface area contributed by atoms with E-state index in [0.29, 0.717) is 0 Å². The normalized spacial score (nSPS) is 24.0. The molecule has 5 heteroatoms. The summed E-state index contributed by atoms with van der Waals surface area (Å²) in [6.45, 7) is 9.86. The van der Waals surface area contributed by atoms with Crippen LogP contribution in [-0.4, -0.2) is 16.1 Å². The van der Waals surface area contributed by atoms with Crippen LogP contribution < -0.4 is 24.8 Å². The Morgan fingerprint density at radius 1 is 0.724 bits per heavy atom. The van der Waals surface area contributed by atoms with Crippen LogP contribution in [0.15, 0.2) is 40.4 Å². The zero-order valence-electron chi connectivity index (χ0n) is 18.9. The molecule has 0 saturated carbocycles. The predicted molar refractivity (Wildman–Crippen MR) is 121 cm³/mol. The van der Waals surface area contributed by atoms with Crippen molar-refractivity contribution in [2.75, 3.05) is 0 Å². The van der Waals surface area contributed by atoms with Gasteiger partial charge in [-0.05, 0) is 0 Å². The summed E-state index contributed by atoms with van der Waals surface area (Å²) in [5.41, 5.74) is 3.60. The van der Waals surface area contributed by atoms with E-state index >= 15 is 0 Å². The summed E-state index contributed by atoms with van der Waals surface area (Å²) in [6, 6.07) is 9.61. The molecule has 2 fully saturated rings. The van der Waals surface area contributed by atoms with Crippen LogP contribution in [0.3, 0.4) is 0 Å². The van der Waals surface area contributed by atoms with Gasteiger partial charge in [-0.2, -0.15) is 0 Å². The summed E-state index contributed by atoms with van der Waals surface area (Å²) in [6.07, 6.45) is 14.0. The molecule has 0 spiro atoms. The minimum Gasteiger partial charge on any atom is -1.00 e. The molecule has 2 aliphatic carbocycles. The molecule has 0 radical (unpaired) electrons. The van der Waals surface area contributed by atoms with Crippen LogP contribution in [0.5, 0.6) is 0 Å². The second-order valence-corrected chi connectivity index (χ2v) is 23.5. The van der Waals surface area contributed by atoms with Crippen molar-refractivity contribution in [3.63, 3.8) is 0 Å². The van der Waals surface area contributed by atoms with Crippen molar-refractivity contribution in [2.45, 2.75) is 102 Å². The average molecular weight is 632 g/mol. The SMILES string of the molecule is CCC[Si]1(C2=CCC(C)=[C]2[Hf+2][C]2=C(C)CC=C2[Si]2(CCC)CCC2)CCC1.[Cl-].[Cl-]. The van der Waals surface area contributed by atoms with E-state index in [1.165, 1.54) is 38.5 Å². The maximum Gasteiger partial charge on any atom is -1.00 e. The third kappa shape index (κ3) is 4.65. The Morgan fingerprint density at radius 2 is 1.10 bits per heavy atom. The van der Waals surface area contributed by atoms with Crippen LogP contribution >= 0.6 is 0 Å². The molecular formula is C24H38Cl2HfSi2. The molecule has 4 rings (SSSR count). The molecule has 4 aliphatic rings. The molecule has 160 valence electrons. The summed E-state index contributed by atoms with van der Waals surface area (Å²) in [7, 11) is -2.13. The third-order valence-electron chi connectivity index (χ3n) is 8.09. The minimum absolute atomic E-state index is 0.